The summed E-state index contributed by atoms with van der Waals surface area (Å²) >= 11 is 2.49. The predicted molar refractivity (Wildman–Crippen MR) is 105 cm³/mol. The number of rotatable bonds is 4. The van der Waals surface area contributed by atoms with Gasteiger partial charge in [-0.25, -0.2) is 8.78 Å². The lowest BCUT2D eigenvalue weighted by molar-refractivity contribution is -0.134. The molecule has 1 unspecified atom stereocenters. The van der Waals surface area contributed by atoms with Crippen molar-refractivity contribution < 1.29 is 22.0 Å². The molecular weight excluding hydrogens is 474 g/mol. The predicted octanol–water partition coefficient (Wildman–Crippen LogP) is 7.65. The van der Waals surface area contributed by atoms with E-state index < -0.39 is 36.2 Å². The summed E-state index contributed by atoms with van der Waals surface area (Å²) in [4.78, 5) is 0. The molecular formula is C21H24F5I. The van der Waals surface area contributed by atoms with Crippen molar-refractivity contribution in [2.45, 2.75) is 73.8 Å². The van der Waals surface area contributed by atoms with E-state index in [1.165, 1.54) is 18.6 Å². The van der Waals surface area contributed by atoms with E-state index in [-0.39, 0.29) is 5.92 Å². The van der Waals surface area contributed by atoms with Crippen molar-refractivity contribution >= 4 is 22.6 Å². The van der Waals surface area contributed by atoms with Gasteiger partial charge in [0.15, 0.2) is 0 Å². The second-order valence-corrected chi connectivity index (χ2v) is 9.54. The average molecular weight is 498 g/mol. The summed E-state index contributed by atoms with van der Waals surface area (Å²) in [5, 5.41) is 0. The highest BCUT2D eigenvalue weighted by Gasteiger charge is 2.30. The molecule has 2 aliphatic rings. The Balaban J connectivity index is 1.63. The average Bonchev–Trinajstić information content (AvgIpc) is 2.61. The van der Waals surface area contributed by atoms with Crippen LogP contribution in [0.2, 0.25) is 0 Å². The summed E-state index contributed by atoms with van der Waals surface area (Å²) in [5.41, 5.74) is 1.68. The first kappa shape index (κ1) is 21.1. The molecule has 0 bridgehead atoms. The van der Waals surface area contributed by atoms with Crippen molar-refractivity contribution in [3.05, 3.63) is 46.5 Å². The van der Waals surface area contributed by atoms with Crippen LogP contribution in [0.25, 0.3) is 0 Å². The molecule has 0 nitrogen and oxygen atoms in total. The number of hydrogen-bond acceptors (Lipinski definition) is 0. The molecule has 0 saturated heterocycles. The number of hydrogen-bond donors (Lipinski definition) is 0. The molecule has 0 aliphatic heterocycles. The number of halogens is 6. The Morgan fingerprint density at radius 1 is 0.926 bits per heavy atom. The van der Waals surface area contributed by atoms with Gasteiger partial charge in [0, 0.05) is 15.9 Å². The third-order valence-corrected chi connectivity index (χ3v) is 7.06. The number of alkyl halides is 4. The lowest BCUT2D eigenvalue weighted by atomic mass is 9.74. The fourth-order valence-corrected chi connectivity index (χ4v) is 4.92. The fraction of sp³-hybridized carbons (Fsp3) is 0.619. The minimum atomic E-state index is -4.42. The van der Waals surface area contributed by atoms with Gasteiger partial charge >= 0.3 is 6.18 Å². The first-order chi connectivity index (χ1) is 12.7. The summed E-state index contributed by atoms with van der Waals surface area (Å²) in [7, 11) is 0. The first-order valence-electron chi connectivity index (χ1n) is 9.60. The summed E-state index contributed by atoms with van der Waals surface area (Å²) in [6, 6.07) is 2.50. The molecule has 1 atom stereocenters. The van der Waals surface area contributed by atoms with Gasteiger partial charge in [-0.05, 0) is 80.9 Å². The number of benzene rings is 1. The van der Waals surface area contributed by atoms with Gasteiger partial charge in [0.2, 0.25) is 0 Å². The maximum Gasteiger partial charge on any atom is 0.389 e. The third-order valence-electron chi connectivity index (χ3n) is 5.93. The van der Waals surface area contributed by atoms with Crippen molar-refractivity contribution in [1.29, 1.82) is 0 Å². The molecule has 0 aromatic heterocycles. The molecule has 1 aromatic carbocycles. The van der Waals surface area contributed by atoms with Crippen LogP contribution >= 0.6 is 22.6 Å². The van der Waals surface area contributed by atoms with Crippen molar-refractivity contribution in [2.75, 3.05) is 0 Å². The maximum atomic E-state index is 14.2. The second-order valence-electron chi connectivity index (χ2n) is 7.78. The molecule has 0 heterocycles. The SMILES string of the molecule is Fc1cc(C2CCC(C3=CCC(I)CC3)CC2)cc(F)c1CCC(F)(F)F. The van der Waals surface area contributed by atoms with Crippen molar-refractivity contribution in [1.82, 2.24) is 0 Å². The molecule has 150 valence electrons. The Morgan fingerprint density at radius 3 is 2.04 bits per heavy atom. The molecule has 1 aromatic rings. The normalized spacial score (nSPS) is 26.7. The summed E-state index contributed by atoms with van der Waals surface area (Å²) in [5.74, 6) is -1.03. The zero-order chi connectivity index (χ0) is 19.6. The van der Waals surface area contributed by atoms with Crippen LogP contribution < -0.4 is 0 Å². The molecule has 0 radical (unpaired) electrons. The first-order valence-corrected chi connectivity index (χ1v) is 10.8. The summed E-state index contributed by atoms with van der Waals surface area (Å²) in [6.45, 7) is 0. The summed E-state index contributed by atoms with van der Waals surface area (Å²) in [6.07, 6.45) is 3.38. The quantitative estimate of drug-likeness (QED) is 0.173. The molecule has 2 aliphatic carbocycles. The molecule has 0 N–H and O–H groups in total. The van der Waals surface area contributed by atoms with Gasteiger partial charge < -0.3 is 0 Å². The zero-order valence-electron chi connectivity index (χ0n) is 15.1. The molecule has 27 heavy (non-hydrogen) atoms. The Hall–Kier alpha value is -0.660. The molecule has 1 saturated carbocycles. The van der Waals surface area contributed by atoms with Crippen LogP contribution in [-0.4, -0.2) is 10.1 Å². The van der Waals surface area contributed by atoms with Gasteiger partial charge in [-0.3, -0.25) is 0 Å². The Bertz CT molecular complexity index is 663. The van der Waals surface area contributed by atoms with Crippen LogP contribution in [0.4, 0.5) is 22.0 Å². The second kappa shape index (κ2) is 8.78. The van der Waals surface area contributed by atoms with E-state index in [9.17, 15) is 22.0 Å². The van der Waals surface area contributed by atoms with Gasteiger partial charge in [0.1, 0.15) is 11.6 Å². The monoisotopic (exact) mass is 498 g/mol. The van der Waals surface area contributed by atoms with Crippen LogP contribution in [0.15, 0.2) is 23.8 Å². The lowest BCUT2D eigenvalue weighted by Gasteiger charge is -2.32. The van der Waals surface area contributed by atoms with Crippen LogP contribution in [0.3, 0.4) is 0 Å². The fourth-order valence-electron chi connectivity index (χ4n) is 4.35. The van der Waals surface area contributed by atoms with Crippen molar-refractivity contribution in [3.8, 4) is 0 Å². The van der Waals surface area contributed by atoms with Crippen molar-refractivity contribution in [2.24, 2.45) is 5.92 Å². The Labute approximate surface area is 170 Å². The van der Waals surface area contributed by atoms with E-state index in [0.29, 0.717) is 11.5 Å². The largest absolute Gasteiger partial charge is 0.389 e. The smallest absolute Gasteiger partial charge is 0.207 e. The van der Waals surface area contributed by atoms with Crippen molar-refractivity contribution in [3.63, 3.8) is 0 Å². The Morgan fingerprint density at radius 2 is 1.52 bits per heavy atom. The Kier molecular flexibility index (Phi) is 6.85. The summed E-state index contributed by atoms with van der Waals surface area (Å²) < 4.78 is 66.2. The van der Waals surface area contributed by atoms with Crippen LogP contribution in [-0.2, 0) is 6.42 Å². The van der Waals surface area contributed by atoms with E-state index in [4.69, 9.17) is 0 Å². The van der Waals surface area contributed by atoms with E-state index in [1.807, 2.05) is 0 Å². The standard InChI is InChI=1S/C21H24F5I/c22-19-11-16(12-20(23)18(19)9-10-21(24,25)26)15-3-1-13(2-4-15)14-5-7-17(27)8-6-14/h5,11-13,15,17H,1-4,6-10H2. The van der Waals surface area contributed by atoms with E-state index in [1.54, 1.807) is 5.57 Å². The molecule has 1 fully saturated rings. The van der Waals surface area contributed by atoms with E-state index >= 15 is 0 Å². The van der Waals surface area contributed by atoms with Crippen LogP contribution in [0, 0.1) is 17.6 Å². The van der Waals surface area contributed by atoms with E-state index in [0.717, 1.165) is 42.4 Å². The zero-order valence-corrected chi connectivity index (χ0v) is 17.3. The van der Waals surface area contributed by atoms with Crippen LogP contribution in [0.5, 0.6) is 0 Å². The lowest BCUT2D eigenvalue weighted by Crippen LogP contribution is -2.18. The highest BCUT2D eigenvalue weighted by Crippen LogP contribution is 2.42. The van der Waals surface area contributed by atoms with Gasteiger partial charge in [0.25, 0.3) is 0 Å². The van der Waals surface area contributed by atoms with Gasteiger partial charge in [0.05, 0.1) is 0 Å². The van der Waals surface area contributed by atoms with Gasteiger partial charge in [-0.2, -0.15) is 13.2 Å². The minimum absolute atomic E-state index is 0.0865. The van der Waals surface area contributed by atoms with Gasteiger partial charge in [-0.1, -0.05) is 34.2 Å². The highest BCUT2D eigenvalue weighted by atomic mass is 127. The molecule has 6 heteroatoms. The van der Waals surface area contributed by atoms with E-state index in [2.05, 4.69) is 28.7 Å². The number of allylic oxidation sites excluding steroid dienone is 2. The molecule has 0 spiro atoms. The van der Waals surface area contributed by atoms with Gasteiger partial charge in [-0.15, -0.1) is 0 Å². The highest BCUT2D eigenvalue weighted by molar-refractivity contribution is 14.1. The topological polar surface area (TPSA) is 0 Å². The molecule has 3 rings (SSSR count). The maximum absolute atomic E-state index is 14.2. The third kappa shape index (κ3) is 5.67. The minimum Gasteiger partial charge on any atom is -0.207 e. The van der Waals surface area contributed by atoms with Crippen LogP contribution in [0.1, 0.15) is 68.4 Å². The molecule has 0 amide bonds.